The minimum atomic E-state index is -0.621. The Bertz CT molecular complexity index is 976. The molecule has 150 valence electrons. The normalized spacial score (nSPS) is 12.3. The number of hydrazone groups is 1. The molecule has 2 aromatic carbocycles. The number of rotatable bonds is 6. The van der Waals surface area contributed by atoms with Gasteiger partial charge in [0.05, 0.1) is 16.3 Å². The average molecular weight is 447 g/mol. The van der Waals surface area contributed by atoms with E-state index in [1.54, 1.807) is 18.2 Å². The first-order valence-electron chi connectivity index (χ1n) is 8.63. The summed E-state index contributed by atoms with van der Waals surface area (Å²) in [4.78, 5) is 12.6. The van der Waals surface area contributed by atoms with E-state index in [1.807, 2.05) is 57.2 Å². The maximum atomic E-state index is 12.6. The van der Waals surface area contributed by atoms with Gasteiger partial charge in [0.1, 0.15) is 11.6 Å². The fourth-order valence-corrected chi connectivity index (χ4v) is 3.60. The van der Waals surface area contributed by atoms with E-state index in [0.717, 1.165) is 5.69 Å². The third kappa shape index (κ3) is 7.47. The summed E-state index contributed by atoms with van der Waals surface area (Å²) in [7, 11) is 0. The lowest BCUT2D eigenvalue weighted by Gasteiger charge is -2.21. The molecule has 1 amide bonds. The molecule has 0 saturated heterocycles. The van der Waals surface area contributed by atoms with E-state index in [1.165, 1.54) is 18.0 Å². The Balaban J connectivity index is 2.25. The number of hydrogen-bond donors (Lipinski definition) is 2. The lowest BCUT2D eigenvalue weighted by atomic mass is 10.2. The van der Waals surface area contributed by atoms with Crippen LogP contribution in [0.3, 0.4) is 0 Å². The Morgan fingerprint density at radius 1 is 1.17 bits per heavy atom. The van der Waals surface area contributed by atoms with E-state index >= 15 is 0 Å². The van der Waals surface area contributed by atoms with Crippen LogP contribution in [0.4, 0.5) is 5.69 Å². The molecule has 2 N–H and O–H groups in total. The smallest absolute Gasteiger partial charge is 0.284 e. The first-order valence-corrected chi connectivity index (χ1v) is 10.2. The van der Waals surface area contributed by atoms with E-state index in [0.29, 0.717) is 20.6 Å². The molecule has 0 aliphatic rings. The van der Waals surface area contributed by atoms with Crippen LogP contribution in [0.1, 0.15) is 26.3 Å². The number of carbonyl (C=O) groups excluding carboxylic acids is 1. The van der Waals surface area contributed by atoms with Crippen LogP contribution in [0.25, 0.3) is 0 Å². The number of thioether (sulfide) groups is 1. The van der Waals surface area contributed by atoms with Crippen LogP contribution in [0, 0.1) is 11.3 Å². The van der Waals surface area contributed by atoms with Crippen LogP contribution in [0.15, 0.2) is 64.2 Å². The van der Waals surface area contributed by atoms with Crippen molar-refractivity contribution < 1.29 is 4.79 Å². The molecule has 0 aromatic heterocycles. The van der Waals surface area contributed by atoms with E-state index in [-0.39, 0.29) is 10.3 Å². The van der Waals surface area contributed by atoms with Crippen molar-refractivity contribution in [2.45, 2.75) is 25.5 Å². The van der Waals surface area contributed by atoms with E-state index < -0.39 is 5.91 Å². The number of anilines is 1. The van der Waals surface area contributed by atoms with Crippen LogP contribution >= 0.6 is 35.0 Å². The van der Waals surface area contributed by atoms with E-state index in [4.69, 9.17) is 23.2 Å². The van der Waals surface area contributed by atoms with Gasteiger partial charge >= 0.3 is 0 Å². The molecule has 2 aromatic rings. The molecule has 0 atom stereocenters. The summed E-state index contributed by atoms with van der Waals surface area (Å²) in [6, 6.07) is 16.2. The number of para-hydroxylation sites is 1. The van der Waals surface area contributed by atoms with Crippen molar-refractivity contribution in [3.05, 3.63) is 74.7 Å². The minimum absolute atomic E-state index is 0.0619. The molecule has 0 fully saturated rings. The first-order chi connectivity index (χ1) is 13.7. The molecule has 0 heterocycles. The molecular formula is C21H20Cl2N4OS. The minimum Gasteiger partial charge on any atom is -0.349 e. The summed E-state index contributed by atoms with van der Waals surface area (Å²) >= 11 is 13.3. The van der Waals surface area contributed by atoms with Crippen LogP contribution in [-0.2, 0) is 4.79 Å². The maximum Gasteiger partial charge on any atom is 0.284 e. The van der Waals surface area contributed by atoms with Gasteiger partial charge in [-0.3, -0.25) is 4.79 Å². The van der Waals surface area contributed by atoms with Gasteiger partial charge in [-0.15, -0.1) is 11.8 Å². The predicted octanol–water partition coefficient (Wildman–Crippen LogP) is 5.82. The van der Waals surface area contributed by atoms with Crippen molar-refractivity contribution in [1.82, 2.24) is 5.43 Å². The van der Waals surface area contributed by atoms with Crippen LogP contribution in [0.2, 0.25) is 10.0 Å². The van der Waals surface area contributed by atoms with Gasteiger partial charge in [0.15, 0.2) is 0 Å². The monoisotopic (exact) mass is 446 g/mol. The highest BCUT2D eigenvalue weighted by atomic mass is 35.5. The third-order valence-electron chi connectivity index (χ3n) is 3.34. The van der Waals surface area contributed by atoms with Gasteiger partial charge in [-0.25, -0.2) is 5.43 Å². The molecule has 0 spiro atoms. The van der Waals surface area contributed by atoms with Crippen molar-refractivity contribution in [1.29, 1.82) is 5.26 Å². The zero-order chi connectivity index (χ0) is 21.4. The van der Waals surface area contributed by atoms with Crippen molar-refractivity contribution >= 4 is 52.8 Å². The van der Waals surface area contributed by atoms with Crippen LogP contribution in [-0.4, -0.2) is 16.9 Å². The van der Waals surface area contributed by atoms with Gasteiger partial charge in [-0.05, 0) is 24.3 Å². The Morgan fingerprint density at radius 2 is 1.86 bits per heavy atom. The summed E-state index contributed by atoms with van der Waals surface area (Å²) in [6.45, 7) is 5.99. The molecule has 2 rings (SSSR count). The van der Waals surface area contributed by atoms with Crippen LogP contribution in [0.5, 0.6) is 0 Å². The van der Waals surface area contributed by atoms with Crippen molar-refractivity contribution in [2.75, 3.05) is 5.32 Å². The highest BCUT2D eigenvalue weighted by molar-refractivity contribution is 8.04. The second-order valence-corrected chi connectivity index (χ2v) is 9.57. The number of halogens is 2. The number of amides is 1. The molecule has 0 aliphatic carbocycles. The molecule has 0 radical (unpaired) electrons. The number of nitrogens with one attached hydrogen (secondary N) is 2. The Kier molecular flexibility index (Phi) is 8.15. The lowest BCUT2D eigenvalue weighted by molar-refractivity contribution is -0.117. The number of carbonyl (C=O) groups is 1. The van der Waals surface area contributed by atoms with Crippen molar-refractivity contribution in [3.8, 4) is 6.07 Å². The highest BCUT2D eigenvalue weighted by Gasteiger charge is 2.22. The van der Waals surface area contributed by atoms with Gasteiger partial charge in [-0.2, -0.15) is 10.4 Å². The molecule has 8 heteroatoms. The zero-order valence-corrected chi connectivity index (χ0v) is 18.5. The number of benzene rings is 2. The summed E-state index contributed by atoms with van der Waals surface area (Å²) in [5.74, 6) is -0.621. The Hall–Kier alpha value is -2.46. The largest absolute Gasteiger partial charge is 0.349 e. The highest BCUT2D eigenvalue weighted by Crippen LogP contribution is 2.33. The molecule has 0 aliphatic heterocycles. The molecule has 0 saturated carbocycles. The standard InChI is InChI=1S/C21H20Cl2N4OS/c1-21(2,3)29-20(26-16-7-5-4-6-8-16)17(12-24)19(28)27-25-13-14-9-10-15(22)11-18(14)23/h4-11,13,26H,1-3H3,(H,27,28)/b20-17+,25-13-. The van der Waals surface area contributed by atoms with Gasteiger partial charge in [0.25, 0.3) is 5.91 Å². The van der Waals surface area contributed by atoms with Crippen molar-refractivity contribution in [2.24, 2.45) is 5.10 Å². The lowest BCUT2D eigenvalue weighted by Crippen LogP contribution is -2.23. The zero-order valence-electron chi connectivity index (χ0n) is 16.2. The number of hydrogen-bond acceptors (Lipinski definition) is 5. The third-order valence-corrected chi connectivity index (χ3v) is 5.02. The molecule has 5 nitrogen and oxygen atoms in total. The first kappa shape index (κ1) is 22.8. The predicted molar refractivity (Wildman–Crippen MR) is 122 cm³/mol. The number of nitrogens with zero attached hydrogens (tertiary/aromatic N) is 2. The van der Waals surface area contributed by atoms with Crippen molar-refractivity contribution in [3.63, 3.8) is 0 Å². The van der Waals surface area contributed by atoms with Gasteiger partial charge in [0.2, 0.25) is 0 Å². The quantitative estimate of drug-likeness (QED) is 0.253. The molecule has 29 heavy (non-hydrogen) atoms. The molecule has 0 unspecified atom stereocenters. The second kappa shape index (κ2) is 10.4. The number of nitriles is 1. The topological polar surface area (TPSA) is 77.3 Å². The summed E-state index contributed by atoms with van der Waals surface area (Å²) in [5.41, 5.74) is 3.68. The van der Waals surface area contributed by atoms with E-state index in [9.17, 15) is 10.1 Å². The Morgan fingerprint density at radius 3 is 2.45 bits per heavy atom. The van der Waals surface area contributed by atoms with Gasteiger partial charge in [-0.1, -0.05) is 68.2 Å². The summed E-state index contributed by atoms with van der Waals surface area (Å²) < 4.78 is -0.223. The van der Waals surface area contributed by atoms with Gasteiger partial charge < -0.3 is 5.32 Å². The van der Waals surface area contributed by atoms with Crippen LogP contribution < -0.4 is 10.7 Å². The SMILES string of the molecule is CC(C)(C)S/C(Nc1ccccc1)=C(\C#N)C(=O)N/N=C\c1ccc(Cl)cc1Cl. The summed E-state index contributed by atoms with van der Waals surface area (Å²) in [6.07, 6.45) is 1.40. The fourth-order valence-electron chi connectivity index (χ4n) is 2.13. The summed E-state index contributed by atoms with van der Waals surface area (Å²) in [5, 5.41) is 18.1. The molecule has 0 bridgehead atoms. The fraction of sp³-hybridized carbons (Fsp3) is 0.190. The average Bonchev–Trinajstić information content (AvgIpc) is 2.63. The van der Waals surface area contributed by atoms with Gasteiger partial charge in [0, 0.05) is 21.0 Å². The second-order valence-electron chi connectivity index (χ2n) is 6.89. The Labute approximate surface area is 184 Å². The van der Waals surface area contributed by atoms with E-state index in [2.05, 4.69) is 15.8 Å². The maximum absolute atomic E-state index is 12.6. The molecular weight excluding hydrogens is 427 g/mol.